The number of rotatable bonds is 8. The van der Waals surface area contributed by atoms with Gasteiger partial charge in [0.15, 0.2) is 0 Å². The van der Waals surface area contributed by atoms with Crippen LogP contribution in [0.1, 0.15) is 33.4 Å². The van der Waals surface area contributed by atoms with Gasteiger partial charge in [-0.05, 0) is 150 Å². The fourth-order valence-corrected chi connectivity index (χ4v) is 23.6. The molecule has 0 aliphatic heterocycles. The molecule has 294 valence electrons. The van der Waals surface area contributed by atoms with E-state index in [0.29, 0.717) is 0 Å². The van der Waals surface area contributed by atoms with Crippen LogP contribution < -0.4 is 9.80 Å². The maximum Gasteiger partial charge on any atom is 0.0579 e. The van der Waals surface area contributed by atoms with Gasteiger partial charge in [-0.3, -0.25) is 0 Å². The van der Waals surface area contributed by atoms with Crippen molar-refractivity contribution in [1.82, 2.24) is 0 Å². The number of hydrogen-bond acceptors (Lipinski definition) is 2. The Labute approximate surface area is 353 Å². The van der Waals surface area contributed by atoms with Crippen LogP contribution in [0.15, 0.2) is 158 Å². The lowest BCUT2D eigenvalue weighted by Gasteiger charge is -2.51. The molecule has 0 saturated carbocycles. The normalized spacial score (nSPS) is 13.4. The molecule has 8 aromatic carbocycles. The van der Waals surface area contributed by atoms with Crippen molar-refractivity contribution >= 4 is 71.8 Å². The van der Waals surface area contributed by atoms with Crippen molar-refractivity contribution in [3.05, 3.63) is 191 Å². The molecule has 9 rings (SSSR count). The van der Waals surface area contributed by atoms with Gasteiger partial charge in [0.05, 0.1) is 16.1 Å². The molecule has 1 aliphatic carbocycles. The lowest BCUT2D eigenvalue weighted by atomic mass is 9.97. The molecular formula is C55H56N2Si2. The molecule has 0 aromatic heterocycles. The average Bonchev–Trinajstić information content (AvgIpc) is 3.51. The molecule has 0 spiro atoms. The molecule has 59 heavy (non-hydrogen) atoms. The van der Waals surface area contributed by atoms with Crippen molar-refractivity contribution in [1.29, 1.82) is 0 Å². The van der Waals surface area contributed by atoms with E-state index >= 15 is 0 Å². The molecule has 0 unspecified atom stereocenters. The first kappa shape index (κ1) is 38.8. The Morgan fingerprint density at radius 1 is 0.339 bits per heavy atom. The molecule has 0 saturated heterocycles. The van der Waals surface area contributed by atoms with Gasteiger partial charge in [0.2, 0.25) is 0 Å². The predicted octanol–water partition coefficient (Wildman–Crippen LogP) is 16.2. The zero-order valence-corrected chi connectivity index (χ0v) is 38.4. The molecule has 0 N–H and O–H groups in total. The SMILES string of the molecule is Cc1ccc(N(c2ccc(C)cc2)c2ccc3cc4c(cc3c2)C([Si](C)(C)C)([Si](C)(C)C)c2c-4ccc3cc(N(c4ccc(C)cc4)c4ccc(C)cc4)ccc23)cc1. The molecule has 2 nitrogen and oxygen atoms in total. The number of hydrogen-bond donors (Lipinski definition) is 0. The summed E-state index contributed by atoms with van der Waals surface area (Å²) in [5, 5.41) is 5.29. The van der Waals surface area contributed by atoms with E-state index in [1.807, 2.05) is 0 Å². The van der Waals surface area contributed by atoms with E-state index in [2.05, 4.69) is 235 Å². The first-order chi connectivity index (χ1) is 28.1. The van der Waals surface area contributed by atoms with Crippen LogP contribution in [0.3, 0.4) is 0 Å². The Morgan fingerprint density at radius 2 is 0.712 bits per heavy atom. The first-order valence-corrected chi connectivity index (χ1v) is 28.2. The van der Waals surface area contributed by atoms with Crippen molar-refractivity contribution in [3.63, 3.8) is 0 Å². The summed E-state index contributed by atoms with van der Waals surface area (Å²) in [5.41, 5.74) is 18.0. The van der Waals surface area contributed by atoms with Crippen LogP contribution in [0.25, 0.3) is 32.7 Å². The number of benzene rings is 8. The third-order valence-corrected chi connectivity index (χ3v) is 23.0. The average molecular weight is 801 g/mol. The van der Waals surface area contributed by atoms with Crippen molar-refractivity contribution in [3.8, 4) is 11.1 Å². The summed E-state index contributed by atoms with van der Waals surface area (Å²) in [7, 11) is -3.96. The second-order valence-corrected chi connectivity index (χ2v) is 30.1. The van der Waals surface area contributed by atoms with E-state index in [0.717, 1.165) is 0 Å². The van der Waals surface area contributed by atoms with Crippen LogP contribution in [0.2, 0.25) is 39.3 Å². The molecule has 8 aromatic rings. The van der Waals surface area contributed by atoms with Gasteiger partial charge >= 0.3 is 0 Å². The summed E-state index contributed by atoms with van der Waals surface area (Å²) in [6.45, 7) is 24.4. The van der Waals surface area contributed by atoms with Crippen LogP contribution in [0, 0.1) is 27.7 Å². The lowest BCUT2D eigenvalue weighted by Crippen LogP contribution is -2.63. The van der Waals surface area contributed by atoms with Crippen LogP contribution in [0.5, 0.6) is 0 Å². The zero-order chi connectivity index (χ0) is 41.4. The summed E-state index contributed by atoms with van der Waals surface area (Å²) in [6, 6.07) is 60.1. The third kappa shape index (κ3) is 6.45. The van der Waals surface area contributed by atoms with Crippen molar-refractivity contribution in [2.24, 2.45) is 0 Å². The predicted molar refractivity (Wildman–Crippen MR) is 263 cm³/mol. The minimum absolute atomic E-state index is 0.0168. The Balaban J connectivity index is 1.25. The molecule has 0 heterocycles. The van der Waals surface area contributed by atoms with Gasteiger partial charge in [0.1, 0.15) is 0 Å². The van der Waals surface area contributed by atoms with Gasteiger partial charge in [-0.15, -0.1) is 0 Å². The van der Waals surface area contributed by atoms with Crippen LogP contribution in [-0.2, 0) is 4.66 Å². The van der Waals surface area contributed by atoms with Crippen LogP contribution >= 0.6 is 0 Å². The third-order valence-electron chi connectivity index (χ3n) is 13.0. The van der Waals surface area contributed by atoms with E-state index in [4.69, 9.17) is 0 Å². The molecule has 0 atom stereocenters. The highest BCUT2D eigenvalue weighted by Crippen LogP contribution is 2.60. The van der Waals surface area contributed by atoms with E-state index in [9.17, 15) is 0 Å². The number of fused-ring (bicyclic) bond motifs is 6. The van der Waals surface area contributed by atoms with Crippen LogP contribution in [0.4, 0.5) is 34.1 Å². The monoisotopic (exact) mass is 800 g/mol. The van der Waals surface area contributed by atoms with E-state index < -0.39 is 16.1 Å². The van der Waals surface area contributed by atoms with E-state index in [1.165, 1.54) is 89.0 Å². The first-order valence-electron chi connectivity index (χ1n) is 21.2. The van der Waals surface area contributed by atoms with Gasteiger partial charge in [-0.2, -0.15) is 0 Å². The summed E-state index contributed by atoms with van der Waals surface area (Å²) in [6.07, 6.45) is 0. The van der Waals surface area contributed by atoms with Crippen LogP contribution in [-0.4, -0.2) is 16.1 Å². The zero-order valence-electron chi connectivity index (χ0n) is 36.4. The van der Waals surface area contributed by atoms with Gasteiger partial charge in [-0.25, -0.2) is 0 Å². The smallest absolute Gasteiger partial charge is 0.0579 e. The van der Waals surface area contributed by atoms with Gasteiger partial charge < -0.3 is 9.80 Å². The Hall–Kier alpha value is -5.69. The quantitative estimate of drug-likeness (QED) is 0.141. The number of nitrogens with zero attached hydrogens (tertiary/aromatic N) is 2. The molecule has 0 radical (unpaired) electrons. The fraction of sp³-hybridized carbons (Fsp3) is 0.200. The lowest BCUT2D eigenvalue weighted by molar-refractivity contribution is 0.964. The van der Waals surface area contributed by atoms with Crippen molar-refractivity contribution < 1.29 is 0 Å². The summed E-state index contributed by atoms with van der Waals surface area (Å²) < 4.78 is -0.0168. The Morgan fingerprint density at radius 3 is 1.14 bits per heavy atom. The maximum atomic E-state index is 2.63. The second kappa shape index (κ2) is 14.3. The maximum absolute atomic E-state index is 2.63. The number of aryl methyl sites for hydroxylation is 4. The van der Waals surface area contributed by atoms with Crippen molar-refractivity contribution in [2.45, 2.75) is 71.6 Å². The molecule has 0 bridgehead atoms. The summed E-state index contributed by atoms with van der Waals surface area (Å²) in [5.74, 6) is 0. The highest BCUT2D eigenvalue weighted by molar-refractivity contribution is 7.00. The molecule has 4 heteroatoms. The number of anilines is 6. The molecule has 0 fully saturated rings. The minimum atomic E-state index is -1.98. The standard InChI is InChI=1S/C55H56N2Si2/c1-37-11-21-44(22-12-37)56(45-23-13-38(2)14-24-45)48-29-19-41-35-52-51-31-20-42-33-49(57(46-25-15-39(3)16-26-46)47-27-17-40(4)18-28-47)30-32-50(42)54(51)55(58(5,6)7,59(8,9)10)53(52)36-43(41)34-48/h11-36H,1-10H3. The molecule has 1 aliphatic rings. The van der Waals surface area contributed by atoms with Gasteiger partial charge in [-0.1, -0.05) is 140 Å². The molecular weight excluding hydrogens is 745 g/mol. The summed E-state index contributed by atoms with van der Waals surface area (Å²) >= 11 is 0. The Bertz CT molecular complexity index is 2760. The van der Waals surface area contributed by atoms with Crippen molar-refractivity contribution in [2.75, 3.05) is 9.80 Å². The second-order valence-electron chi connectivity index (χ2n) is 19.1. The topological polar surface area (TPSA) is 6.48 Å². The van der Waals surface area contributed by atoms with Gasteiger partial charge in [0, 0.05) is 38.8 Å². The highest BCUT2D eigenvalue weighted by atomic mass is 28.4. The largest absolute Gasteiger partial charge is 0.310 e. The fourth-order valence-electron chi connectivity index (χ4n) is 10.5. The minimum Gasteiger partial charge on any atom is -0.310 e. The van der Waals surface area contributed by atoms with E-state index in [-0.39, 0.29) is 4.66 Å². The molecule has 0 amide bonds. The van der Waals surface area contributed by atoms with Gasteiger partial charge in [0.25, 0.3) is 0 Å². The summed E-state index contributed by atoms with van der Waals surface area (Å²) in [4.78, 5) is 4.82. The van der Waals surface area contributed by atoms with E-state index in [1.54, 1.807) is 11.1 Å². The Kier molecular flexibility index (Phi) is 9.37. The highest BCUT2D eigenvalue weighted by Gasteiger charge is 2.59.